The molecule has 0 radical (unpaired) electrons. The number of amides is 1. The monoisotopic (exact) mass is 308 g/mol. The predicted molar refractivity (Wildman–Crippen MR) is 91.0 cm³/mol. The van der Waals surface area contributed by atoms with Crippen LogP contribution in [-0.4, -0.2) is 19.0 Å². The van der Waals surface area contributed by atoms with Crippen LogP contribution in [-0.2, 0) is 11.3 Å². The van der Waals surface area contributed by atoms with E-state index in [1.807, 2.05) is 26.1 Å². The van der Waals surface area contributed by atoms with E-state index in [2.05, 4.69) is 30.4 Å². The topological polar surface area (TPSA) is 57.3 Å². The molecule has 2 aromatic rings. The molecule has 0 bridgehead atoms. The number of carbonyl (C=O) groups is 1. The highest BCUT2D eigenvalue weighted by atomic mass is 16.2. The van der Waals surface area contributed by atoms with Crippen LogP contribution in [0.2, 0.25) is 0 Å². The minimum atomic E-state index is -0.194. The maximum absolute atomic E-state index is 12.4. The lowest BCUT2D eigenvalue weighted by atomic mass is 10.1. The van der Waals surface area contributed by atoms with Crippen LogP contribution >= 0.6 is 0 Å². The Morgan fingerprint density at radius 2 is 2.00 bits per heavy atom. The fourth-order valence-electron chi connectivity index (χ4n) is 2.40. The molecule has 0 aliphatic heterocycles. The van der Waals surface area contributed by atoms with Crippen molar-refractivity contribution in [3.8, 4) is 6.07 Å². The van der Waals surface area contributed by atoms with Gasteiger partial charge in [0.15, 0.2) is 6.04 Å². The molecule has 0 saturated carbocycles. The molecule has 2 rings (SSSR count). The summed E-state index contributed by atoms with van der Waals surface area (Å²) in [5.74, 6) is -0.0498. The van der Waals surface area contributed by atoms with Crippen LogP contribution in [0.25, 0.3) is 0 Å². The van der Waals surface area contributed by atoms with Crippen molar-refractivity contribution >= 4 is 11.6 Å². The van der Waals surface area contributed by atoms with Crippen molar-refractivity contribution in [3.63, 3.8) is 0 Å². The van der Waals surface area contributed by atoms with Gasteiger partial charge in [0.2, 0.25) is 0 Å². The zero-order valence-electron chi connectivity index (χ0n) is 13.8. The number of benzene rings is 2. The van der Waals surface area contributed by atoms with Crippen molar-refractivity contribution in [1.29, 1.82) is 5.26 Å². The molecule has 2 atom stereocenters. The summed E-state index contributed by atoms with van der Waals surface area (Å²) in [5, 5.41) is 11.8. The highest BCUT2D eigenvalue weighted by Crippen LogP contribution is 2.10. The van der Waals surface area contributed by atoms with E-state index in [4.69, 9.17) is 5.26 Å². The first-order valence-electron chi connectivity index (χ1n) is 7.69. The van der Waals surface area contributed by atoms with Crippen LogP contribution in [0.1, 0.15) is 23.6 Å². The van der Waals surface area contributed by atoms with Gasteiger partial charge in [0.05, 0.1) is 18.7 Å². The second kappa shape index (κ2) is 7.57. The fourth-order valence-corrected chi connectivity index (χ4v) is 2.40. The van der Waals surface area contributed by atoms with Gasteiger partial charge in [-0.15, -0.1) is 0 Å². The summed E-state index contributed by atoms with van der Waals surface area (Å²) in [5.41, 5.74) is 3.68. The molecule has 0 aliphatic rings. The summed E-state index contributed by atoms with van der Waals surface area (Å²) < 4.78 is 0. The Bertz CT molecular complexity index is 733. The van der Waals surface area contributed by atoms with Crippen LogP contribution in [0.5, 0.6) is 0 Å². The first-order valence-corrected chi connectivity index (χ1v) is 7.69. The van der Waals surface area contributed by atoms with Gasteiger partial charge in [-0.3, -0.25) is 4.79 Å². The summed E-state index contributed by atoms with van der Waals surface area (Å²) in [6, 6.07) is 17.1. The molecule has 0 saturated heterocycles. The molecule has 1 unspecified atom stereocenters. The number of nitrogens with one attached hydrogen (secondary N) is 2. The molecule has 0 aliphatic carbocycles. The standard InChI is InChI=1S/C19H21N3O/c1-14-7-4-5-9-17(14)13-22(3)15(2)19(23)21-18-10-6-8-16(11-18)12-20/h4-11,15H,13H2,1-3H3,(H,21,23)/p+1/t15-/m0/s1. The number of likely N-dealkylation sites (N-methyl/N-ethyl adjacent to an activating group) is 1. The molecule has 2 aromatic carbocycles. The summed E-state index contributed by atoms with van der Waals surface area (Å²) in [6.45, 7) is 4.79. The lowest BCUT2D eigenvalue weighted by molar-refractivity contribution is -0.907. The molecule has 0 heterocycles. The number of carbonyl (C=O) groups excluding carboxylic acids is 1. The quantitative estimate of drug-likeness (QED) is 0.886. The third kappa shape index (κ3) is 4.41. The van der Waals surface area contributed by atoms with E-state index in [0.29, 0.717) is 11.3 Å². The van der Waals surface area contributed by atoms with Crippen molar-refractivity contribution in [1.82, 2.24) is 0 Å². The first-order chi connectivity index (χ1) is 11.0. The van der Waals surface area contributed by atoms with Gasteiger partial charge in [-0.2, -0.15) is 5.26 Å². The van der Waals surface area contributed by atoms with E-state index in [1.165, 1.54) is 11.1 Å². The SMILES string of the molecule is Cc1ccccc1C[NH+](C)[C@@H](C)C(=O)Nc1cccc(C#N)c1. The van der Waals surface area contributed by atoms with Gasteiger partial charge in [-0.25, -0.2) is 0 Å². The summed E-state index contributed by atoms with van der Waals surface area (Å²) >= 11 is 0. The van der Waals surface area contributed by atoms with Crippen LogP contribution in [0.3, 0.4) is 0 Å². The van der Waals surface area contributed by atoms with Crippen LogP contribution in [0, 0.1) is 18.3 Å². The Hall–Kier alpha value is -2.64. The molecule has 0 fully saturated rings. The Kier molecular flexibility index (Phi) is 5.51. The zero-order valence-corrected chi connectivity index (χ0v) is 13.8. The van der Waals surface area contributed by atoms with E-state index in [1.54, 1.807) is 24.3 Å². The highest BCUT2D eigenvalue weighted by molar-refractivity contribution is 5.93. The van der Waals surface area contributed by atoms with Gasteiger partial charge >= 0.3 is 0 Å². The van der Waals surface area contributed by atoms with Crippen molar-refractivity contribution in [3.05, 3.63) is 65.2 Å². The van der Waals surface area contributed by atoms with E-state index in [-0.39, 0.29) is 11.9 Å². The highest BCUT2D eigenvalue weighted by Gasteiger charge is 2.22. The largest absolute Gasteiger partial charge is 0.324 e. The number of quaternary nitrogens is 1. The molecule has 23 heavy (non-hydrogen) atoms. The average molecular weight is 308 g/mol. The van der Waals surface area contributed by atoms with E-state index >= 15 is 0 Å². The summed E-state index contributed by atoms with van der Waals surface area (Å²) in [4.78, 5) is 13.5. The van der Waals surface area contributed by atoms with Crippen LogP contribution < -0.4 is 10.2 Å². The van der Waals surface area contributed by atoms with Gasteiger partial charge in [-0.1, -0.05) is 30.3 Å². The normalized spacial score (nSPS) is 13.0. The zero-order chi connectivity index (χ0) is 16.8. The second-order valence-electron chi connectivity index (χ2n) is 5.85. The lowest BCUT2D eigenvalue weighted by Crippen LogP contribution is -3.12. The predicted octanol–water partition coefficient (Wildman–Crippen LogP) is 1.91. The van der Waals surface area contributed by atoms with E-state index < -0.39 is 0 Å². The maximum atomic E-state index is 12.4. The summed E-state index contributed by atoms with van der Waals surface area (Å²) in [6.07, 6.45) is 0. The molecule has 4 heteroatoms. The van der Waals surface area contributed by atoms with Crippen molar-refractivity contribution in [2.75, 3.05) is 12.4 Å². The smallest absolute Gasteiger partial charge is 0.282 e. The second-order valence-corrected chi connectivity index (χ2v) is 5.85. The van der Waals surface area contributed by atoms with Gasteiger partial charge in [0.1, 0.15) is 6.54 Å². The number of nitrogens with zero attached hydrogens (tertiary/aromatic N) is 1. The Balaban J connectivity index is 2.01. The molecule has 0 spiro atoms. The molecule has 4 nitrogen and oxygen atoms in total. The lowest BCUT2D eigenvalue weighted by Gasteiger charge is -2.22. The Morgan fingerprint density at radius 1 is 1.26 bits per heavy atom. The Labute approximate surface area is 137 Å². The summed E-state index contributed by atoms with van der Waals surface area (Å²) in [7, 11) is 2.02. The van der Waals surface area contributed by atoms with Crippen LogP contribution in [0.15, 0.2) is 48.5 Å². The number of nitriles is 1. The van der Waals surface area contributed by atoms with Gasteiger partial charge in [0.25, 0.3) is 5.91 Å². The first kappa shape index (κ1) is 16.7. The molecule has 1 amide bonds. The third-order valence-corrected chi connectivity index (χ3v) is 4.12. The van der Waals surface area contributed by atoms with Crippen LogP contribution in [0.4, 0.5) is 5.69 Å². The molecular weight excluding hydrogens is 286 g/mol. The molecule has 2 N–H and O–H groups in total. The Morgan fingerprint density at radius 3 is 2.70 bits per heavy atom. The van der Waals surface area contributed by atoms with Crippen molar-refractivity contribution < 1.29 is 9.69 Å². The maximum Gasteiger partial charge on any atom is 0.282 e. The molecular formula is C19H22N3O+. The minimum Gasteiger partial charge on any atom is -0.324 e. The number of anilines is 1. The minimum absolute atomic E-state index is 0.0498. The number of aryl methyl sites for hydroxylation is 1. The van der Waals surface area contributed by atoms with Crippen molar-refractivity contribution in [2.45, 2.75) is 26.4 Å². The molecule has 118 valence electrons. The van der Waals surface area contributed by atoms with Gasteiger partial charge in [0, 0.05) is 11.3 Å². The van der Waals surface area contributed by atoms with E-state index in [0.717, 1.165) is 11.4 Å². The number of rotatable bonds is 5. The third-order valence-electron chi connectivity index (χ3n) is 4.12. The molecule has 0 aromatic heterocycles. The van der Waals surface area contributed by atoms with Gasteiger partial charge in [-0.05, 0) is 37.6 Å². The van der Waals surface area contributed by atoms with E-state index in [9.17, 15) is 4.79 Å². The number of hydrogen-bond donors (Lipinski definition) is 2. The average Bonchev–Trinajstić information content (AvgIpc) is 2.56. The fraction of sp³-hybridized carbons (Fsp3) is 0.263. The van der Waals surface area contributed by atoms with Gasteiger partial charge < -0.3 is 10.2 Å². The van der Waals surface area contributed by atoms with Crippen molar-refractivity contribution in [2.24, 2.45) is 0 Å². The number of hydrogen-bond acceptors (Lipinski definition) is 2.